The van der Waals surface area contributed by atoms with Crippen LogP contribution in [0.2, 0.25) is 0 Å². The van der Waals surface area contributed by atoms with Gasteiger partial charge < -0.3 is 38.3 Å². The van der Waals surface area contributed by atoms with Gasteiger partial charge in [-0.05, 0) is 103 Å². The molecule has 12 rings (SSSR count). The summed E-state index contributed by atoms with van der Waals surface area (Å²) in [6.45, 7) is 4.10. The zero-order valence-electron chi connectivity index (χ0n) is 37.6. The van der Waals surface area contributed by atoms with E-state index in [2.05, 4.69) is 12.1 Å². The van der Waals surface area contributed by atoms with Crippen LogP contribution in [0.1, 0.15) is 84.5 Å². The van der Waals surface area contributed by atoms with E-state index in [4.69, 9.17) is 38.4 Å². The fourth-order valence-electron chi connectivity index (χ4n) is 9.94. The minimum absolute atomic E-state index is 0.247. The van der Waals surface area contributed by atoms with Crippen LogP contribution in [0.3, 0.4) is 0 Å². The number of nitrogens with one attached hydrogen (secondary N) is 1. The molecule has 0 fully saturated rings. The van der Waals surface area contributed by atoms with E-state index in [1.807, 2.05) is 97.1 Å². The smallest absolute Gasteiger partial charge is 0.317 e. The lowest BCUT2D eigenvalue weighted by molar-refractivity contribution is -0.141. The van der Waals surface area contributed by atoms with Crippen LogP contribution in [0, 0.1) is 0 Å². The Kier molecular flexibility index (Phi) is 12.6. The van der Waals surface area contributed by atoms with Crippen LogP contribution in [-0.2, 0) is 57.6 Å². The second kappa shape index (κ2) is 19.4. The van der Waals surface area contributed by atoms with Gasteiger partial charge in [-0.3, -0.25) is 19.6 Å². The molecule has 3 N–H and O–H groups in total. The van der Waals surface area contributed by atoms with Gasteiger partial charge in [0.2, 0.25) is 0 Å². The Morgan fingerprint density at radius 2 is 0.676 bits per heavy atom. The maximum atomic E-state index is 12.4. The number of methoxy groups -OCH3 is 1. The number of ether oxygens (including phenoxy) is 7. The van der Waals surface area contributed by atoms with Crippen LogP contribution in [0.4, 0.5) is 0 Å². The number of aliphatic carboxylic acids is 1. The Balaban J connectivity index is 0.000000119. The van der Waals surface area contributed by atoms with Crippen molar-refractivity contribution in [1.82, 2.24) is 5.48 Å². The van der Waals surface area contributed by atoms with Gasteiger partial charge in [-0.1, -0.05) is 72.8 Å². The number of hydrogen-bond donors (Lipinski definition) is 3. The first-order valence-electron chi connectivity index (χ1n) is 23.0. The molecule has 348 valence electrons. The lowest BCUT2D eigenvalue weighted by atomic mass is 9.88. The summed E-state index contributed by atoms with van der Waals surface area (Å²) in [6.07, 6.45) is 5.13. The molecule has 0 saturated heterocycles. The third-order valence-electron chi connectivity index (χ3n) is 13.3. The number of rotatable bonds is 9. The van der Waals surface area contributed by atoms with Gasteiger partial charge in [0.25, 0.3) is 5.91 Å². The average molecular weight is 918 g/mol. The van der Waals surface area contributed by atoms with Gasteiger partial charge in [-0.25, -0.2) is 5.48 Å². The summed E-state index contributed by atoms with van der Waals surface area (Å²) in [7, 11) is 1.43. The molecule has 6 aromatic rings. The minimum Gasteiger partial charge on any atom is -0.493 e. The monoisotopic (exact) mass is 917 g/mol. The summed E-state index contributed by atoms with van der Waals surface area (Å²) in [6, 6.07) is 34.9. The van der Waals surface area contributed by atoms with E-state index in [0.717, 1.165) is 140 Å². The van der Waals surface area contributed by atoms with Crippen molar-refractivity contribution in [2.24, 2.45) is 0 Å². The van der Waals surface area contributed by atoms with Gasteiger partial charge in [0, 0.05) is 38.5 Å². The normalized spacial score (nSPS) is 15.0. The van der Waals surface area contributed by atoms with Crippen molar-refractivity contribution in [3.05, 3.63) is 176 Å². The van der Waals surface area contributed by atoms with Gasteiger partial charge in [0.05, 0.1) is 52.7 Å². The minimum atomic E-state index is -0.835. The van der Waals surface area contributed by atoms with E-state index in [9.17, 15) is 19.5 Å². The number of hydroxylamine groups is 1. The molecule has 0 atom stereocenters. The van der Waals surface area contributed by atoms with Crippen molar-refractivity contribution in [2.75, 3.05) is 46.8 Å². The van der Waals surface area contributed by atoms with Crippen molar-refractivity contribution in [2.45, 2.75) is 56.3 Å². The highest BCUT2D eigenvalue weighted by Crippen LogP contribution is 2.38. The van der Waals surface area contributed by atoms with Gasteiger partial charge in [0.15, 0.2) is 0 Å². The Hall–Kier alpha value is -7.51. The molecule has 0 saturated carbocycles. The topological polar surface area (TPSA) is 168 Å². The maximum Gasteiger partial charge on any atom is 0.317 e. The van der Waals surface area contributed by atoms with Crippen LogP contribution in [0.15, 0.2) is 109 Å². The summed E-state index contributed by atoms with van der Waals surface area (Å²) >= 11 is 0. The maximum absolute atomic E-state index is 12.4. The zero-order chi connectivity index (χ0) is 46.7. The molecule has 6 aromatic carbocycles. The molecule has 0 unspecified atom stereocenters. The Labute approximate surface area is 393 Å². The van der Waals surface area contributed by atoms with E-state index in [-0.39, 0.29) is 5.97 Å². The first-order valence-corrected chi connectivity index (χ1v) is 23.0. The molecule has 13 heteroatoms. The molecule has 0 aromatic heterocycles. The molecule has 6 heterocycles. The van der Waals surface area contributed by atoms with Crippen molar-refractivity contribution >= 4 is 17.8 Å². The third kappa shape index (κ3) is 9.01. The van der Waals surface area contributed by atoms with Gasteiger partial charge >= 0.3 is 11.9 Å². The van der Waals surface area contributed by atoms with Gasteiger partial charge in [0.1, 0.15) is 46.3 Å². The predicted molar refractivity (Wildman–Crippen MR) is 249 cm³/mol. The number of carbonyl (C=O) groups excluding carboxylic acids is 2. The number of carboxylic acid groups (broad SMARTS) is 1. The molecule has 0 spiro atoms. The summed E-state index contributed by atoms with van der Waals surface area (Å²) in [5, 5.41) is 18.9. The van der Waals surface area contributed by atoms with Gasteiger partial charge in [-0.15, -0.1) is 0 Å². The standard InChI is InChI=1S/C19H18O4.C18H17NO4.C18H16O4/c1-21-19(20)18(14-2-4-16-12(10-14)6-8-22-16)15-3-5-17-13(11-15)7-9-23-17;20-18(19-21)17(13-1-3-15-11(9-13)5-7-22-15)14-2-4-16-12(10-14)6-8-23-16;19-18(20)17(13-1-3-15-11(9-13)5-7-21-15)14-2-4-16-12(10-14)6-8-22-16/h2-5,10-11,18H,6-9H2,1H3;1-4,9-10,17,21H,5-8H2,(H,19,20);1-4,9-10,17H,5-8H2,(H,19,20). The summed E-state index contributed by atoms with van der Waals surface area (Å²) in [5.74, 6) is 2.16. The number of hydrogen-bond acceptors (Lipinski definition) is 11. The fourth-order valence-corrected chi connectivity index (χ4v) is 9.94. The second-order valence-corrected chi connectivity index (χ2v) is 17.4. The number of benzene rings is 6. The SMILES string of the molecule is COC(=O)C(c1ccc2c(c1)CCO2)c1ccc2c(c1)CCO2.O=C(NO)C(c1ccc2c(c1)CCO2)c1ccc2c(c1)CCO2.O=C(O)C(c1ccc2c(c1)CCO2)c1ccc2c(c1)CCO2. The van der Waals surface area contributed by atoms with Crippen LogP contribution >= 0.6 is 0 Å². The van der Waals surface area contributed by atoms with Crippen molar-refractivity contribution in [1.29, 1.82) is 0 Å². The third-order valence-corrected chi connectivity index (χ3v) is 13.3. The summed E-state index contributed by atoms with van der Waals surface area (Å²) in [5.41, 5.74) is 13.7. The van der Waals surface area contributed by atoms with Crippen molar-refractivity contribution < 1.29 is 57.9 Å². The number of fused-ring (bicyclic) bond motifs is 6. The fraction of sp³-hybridized carbons (Fsp3) is 0.291. The molecule has 0 bridgehead atoms. The quantitative estimate of drug-likeness (QED) is 0.0732. The van der Waals surface area contributed by atoms with Crippen molar-refractivity contribution in [3.63, 3.8) is 0 Å². The van der Waals surface area contributed by atoms with E-state index >= 15 is 0 Å². The van der Waals surface area contributed by atoms with Crippen LogP contribution in [-0.4, -0.2) is 74.9 Å². The van der Waals surface area contributed by atoms with Gasteiger partial charge in [-0.2, -0.15) is 0 Å². The molecule has 68 heavy (non-hydrogen) atoms. The molecule has 1 amide bonds. The predicted octanol–water partition coefficient (Wildman–Crippen LogP) is 7.83. The highest BCUT2D eigenvalue weighted by molar-refractivity contribution is 5.87. The number of amides is 1. The molecular weight excluding hydrogens is 867 g/mol. The van der Waals surface area contributed by atoms with Crippen LogP contribution in [0.5, 0.6) is 34.5 Å². The Morgan fingerprint density at radius 3 is 0.912 bits per heavy atom. The van der Waals surface area contributed by atoms with E-state index in [1.165, 1.54) is 7.11 Å². The van der Waals surface area contributed by atoms with Crippen LogP contribution < -0.4 is 33.9 Å². The van der Waals surface area contributed by atoms with E-state index in [1.54, 1.807) is 5.48 Å². The summed E-state index contributed by atoms with van der Waals surface area (Å²) < 4.78 is 38.2. The lowest BCUT2D eigenvalue weighted by Gasteiger charge is -2.17. The van der Waals surface area contributed by atoms with Crippen molar-refractivity contribution in [3.8, 4) is 34.5 Å². The largest absolute Gasteiger partial charge is 0.493 e. The van der Waals surface area contributed by atoms with E-state index in [0.29, 0.717) is 39.6 Å². The second-order valence-electron chi connectivity index (χ2n) is 17.4. The molecule has 6 aliphatic heterocycles. The Bertz CT molecular complexity index is 2610. The number of carboxylic acids is 1. The average Bonchev–Trinajstić information content (AvgIpc) is 4.23. The van der Waals surface area contributed by atoms with Crippen LogP contribution in [0.25, 0.3) is 0 Å². The summed E-state index contributed by atoms with van der Waals surface area (Å²) in [4.78, 5) is 36.6. The van der Waals surface area contributed by atoms with E-state index < -0.39 is 29.6 Å². The molecular formula is C55H51NO12. The zero-order valence-corrected chi connectivity index (χ0v) is 37.6. The first-order chi connectivity index (χ1) is 33.2. The Morgan fingerprint density at radius 1 is 0.426 bits per heavy atom. The number of carbonyl (C=O) groups is 3. The molecule has 0 radical (unpaired) electrons. The lowest BCUT2D eigenvalue weighted by Crippen LogP contribution is -2.27. The first kappa shape index (κ1) is 44.3. The molecule has 13 nitrogen and oxygen atoms in total. The molecule has 6 aliphatic rings. The molecule has 0 aliphatic carbocycles. The highest BCUT2D eigenvalue weighted by Gasteiger charge is 2.30. The highest BCUT2D eigenvalue weighted by atomic mass is 16.5. The number of esters is 1.